The van der Waals surface area contributed by atoms with Gasteiger partial charge in [0.2, 0.25) is 0 Å². The minimum atomic E-state index is 0.704. The molecule has 1 aliphatic heterocycles. The van der Waals surface area contributed by atoms with E-state index in [4.69, 9.17) is 14.8 Å². The molecule has 0 saturated carbocycles. The fourth-order valence-electron chi connectivity index (χ4n) is 4.74. The van der Waals surface area contributed by atoms with Crippen molar-refractivity contribution in [3.05, 3.63) is 58.9 Å². The van der Waals surface area contributed by atoms with Crippen LogP contribution in [0.3, 0.4) is 0 Å². The van der Waals surface area contributed by atoms with Gasteiger partial charge in [0, 0.05) is 23.0 Å². The fourth-order valence-corrected chi connectivity index (χ4v) is 4.74. The molecule has 1 aliphatic rings. The topological polar surface area (TPSA) is 60.0 Å². The normalized spacial score (nSPS) is 15.1. The molecule has 1 fully saturated rings. The van der Waals surface area contributed by atoms with Gasteiger partial charge in [0.1, 0.15) is 18.1 Å². The second-order valence-corrected chi connectivity index (χ2v) is 8.76. The monoisotopic (exact) mass is 431 g/mol. The molecule has 4 aromatic rings. The summed E-state index contributed by atoms with van der Waals surface area (Å²) in [6.45, 7) is 14.1. The second-order valence-electron chi connectivity index (χ2n) is 8.76. The molecule has 1 saturated heterocycles. The molecule has 0 radical (unpaired) electrons. The number of nitrogens with one attached hydrogen (secondary N) is 1. The molecule has 0 aliphatic carbocycles. The van der Waals surface area contributed by atoms with Crippen LogP contribution in [0.4, 0.5) is 5.82 Å². The number of aryl methyl sites for hydroxylation is 3. The molecule has 0 spiro atoms. The Hall–Kier alpha value is -3.19. The van der Waals surface area contributed by atoms with Crippen LogP contribution in [-0.4, -0.2) is 52.4 Å². The van der Waals surface area contributed by atoms with Crippen LogP contribution >= 0.6 is 0 Å². The quantitative estimate of drug-likeness (QED) is 0.526. The van der Waals surface area contributed by atoms with E-state index >= 15 is 0 Å². The van der Waals surface area contributed by atoms with Gasteiger partial charge in [0.25, 0.3) is 0 Å². The van der Waals surface area contributed by atoms with E-state index in [1.165, 1.54) is 11.1 Å². The summed E-state index contributed by atoms with van der Waals surface area (Å²) in [5.74, 6) is 2.06. The summed E-state index contributed by atoms with van der Waals surface area (Å²) in [6, 6.07) is 12.8. The molecule has 0 unspecified atom stereocenters. The first-order valence-electron chi connectivity index (χ1n) is 11.5. The van der Waals surface area contributed by atoms with Crippen molar-refractivity contribution in [1.82, 2.24) is 19.6 Å². The molecule has 0 bridgehead atoms. The maximum atomic E-state index is 5.56. The van der Waals surface area contributed by atoms with Gasteiger partial charge in [-0.25, -0.2) is 9.97 Å². The Morgan fingerprint density at radius 2 is 1.69 bits per heavy atom. The van der Waals surface area contributed by atoms with Gasteiger partial charge in [0.15, 0.2) is 11.3 Å². The van der Waals surface area contributed by atoms with Crippen LogP contribution in [-0.2, 0) is 6.54 Å². The lowest BCUT2D eigenvalue weighted by Gasteiger charge is -2.33. The Kier molecular flexibility index (Phi) is 5.43. The number of piperazine rings is 1. The van der Waals surface area contributed by atoms with E-state index in [1.807, 2.05) is 18.4 Å². The zero-order valence-electron chi connectivity index (χ0n) is 19.4. The third-order valence-electron chi connectivity index (χ3n) is 6.26. The molecular weight excluding hydrogens is 400 g/mol. The Morgan fingerprint density at radius 3 is 2.41 bits per heavy atom. The maximum absolute atomic E-state index is 5.56. The summed E-state index contributed by atoms with van der Waals surface area (Å²) in [5.41, 5.74) is 6.22. The van der Waals surface area contributed by atoms with E-state index in [9.17, 15) is 0 Å². The maximum Gasteiger partial charge on any atom is 0.184 e. The van der Waals surface area contributed by atoms with E-state index in [2.05, 4.69) is 60.1 Å². The lowest BCUT2D eigenvalue weighted by molar-refractivity contribution is -0.914. The summed E-state index contributed by atoms with van der Waals surface area (Å²) in [5, 5.41) is 5.90. The Labute approximate surface area is 188 Å². The third-order valence-corrected chi connectivity index (χ3v) is 6.26. The third kappa shape index (κ3) is 3.88. The number of benzene rings is 1. The number of ether oxygens (including phenoxy) is 1. The number of pyridine rings is 1. The van der Waals surface area contributed by atoms with Crippen LogP contribution < -0.4 is 14.5 Å². The van der Waals surface area contributed by atoms with Crippen LogP contribution in [0.1, 0.15) is 29.4 Å². The van der Waals surface area contributed by atoms with Crippen molar-refractivity contribution in [2.45, 2.75) is 34.2 Å². The molecule has 0 atom stereocenters. The molecule has 0 amide bonds. The molecule has 4 heterocycles. The highest BCUT2D eigenvalue weighted by Gasteiger charge is 2.24. The predicted octanol–water partition coefficient (Wildman–Crippen LogP) is 2.51. The molecule has 7 heteroatoms. The molecule has 1 aromatic carbocycles. The summed E-state index contributed by atoms with van der Waals surface area (Å²) < 4.78 is 7.56. The average molecular weight is 432 g/mol. The van der Waals surface area contributed by atoms with E-state index < -0.39 is 0 Å². The molecule has 1 N–H and O–H groups in total. The van der Waals surface area contributed by atoms with Gasteiger partial charge >= 0.3 is 0 Å². The standard InChI is InChI=1S/C25H30N6O/c1-5-32-21-8-6-20(7-9-21)16-29-10-12-30(13-11-29)22-15-19(4)27-25-23-17(2)14-18(3)26-24(23)28-31(22)25/h6-9,14-15H,5,10-13,16H2,1-4H3/p+1. The number of anilines is 1. The molecule has 5 rings (SSSR count). The van der Waals surface area contributed by atoms with Crippen molar-refractivity contribution in [2.75, 3.05) is 37.7 Å². The minimum absolute atomic E-state index is 0.704. The highest BCUT2D eigenvalue weighted by atomic mass is 16.5. The highest BCUT2D eigenvalue weighted by Crippen LogP contribution is 2.26. The first kappa shape index (κ1) is 20.7. The number of fused-ring (bicyclic) bond motifs is 3. The number of hydrogen-bond acceptors (Lipinski definition) is 5. The zero-order chi connectivity index (χ0) is 22.2. The van der Waals surface area contributed by atoms with Crippen molar-refractivity contribution in [1.29, 1.82) is 0 Å². The fraction of sp³-hybridized carbons (Fsp3) is 0.400. The van der Waals surface area contributed by atoms with Gasteiger partial charge in [-0.3, -0.25) is 0 Å². The number of rotatable bonds is 5. The van der Waals surface area contributed by atoms with E-state index in [0.717, 1.165) is 72.4 Å². The Bertz CT molecular complexity index is 1260. The van der Waals surface area contributed by atoms with Gasteiger partial charge in [-0.05, 0) is 63.6 Å². The number of aromatic nitrogens is 4. The van der Waals surface area contributed by atoms with E-state index in [1.54, 1.807) is 4.90 Å². The largest absolute Gasteiger partial charge is 0.494 e. The van der Waals surface area contributed by atoms with Crippen molar-refractivity contribution >= 4 is 22.5 Å². The van der Waals surface area contributed by atoms with Gasteiger partial charge in [-0.15, -0.1) is 5.10 Å². The number of nitrogens with zero attached hydrogens (tertiary/aromatic N) is 5. The summed E-state index contributed by atoms with van der Waals surface area (Å²) >= 11 is 0. The van der Waals surface area contributed by atoms with Crippen LogP contribution in [0.15, 0.2) is 36.4 Å². The second kappa shape index (κ2) is 8.39. The van der Waals surface area contributed by atoms with Crippen molar-refractivity contribution in [3.8, 4) is 5.75 Å². The minimum Gasteiger partial charge on any atom is -0.494 e. The lowest BCUT2D eigenvalue weighted by Crippen LogP contribution is -3.13. The van der Waals surface area contributed by atoms with Crippen LogP contribution in [0.5, 0.6) is 5.75 Å². The van der Waals surface area contributed by atoms with Crippen molar-refractivity contribution < 1.29 is 9.64 Å². The highest BCUT2D eigenvalue weighted by molar-refractivity contribution is 5.93. The van der Waals surface area contributed by atoms with Crippen molar-refractivity contribution in [2.24, 2.45) is 0 Å². The Morgan fingerprint density at radius 1 is 0.969 bits per heavy atom. The predicted molar refractivity (Wildman–Crippen MR) is 127 cm³/mol. The van der Waals surface area contributed by atoms with E-state index in [0.29, 0.717) is 6.61 Å². The molecule has 166 valence electrons. The average Bonchev–Trinajstić information content (AvgIpc) is 3.13. The van der Waals surface area contributed by atoms with Crippen molar-refractivity contribution in [3.63, 3.8) is 0 Å². The molecular formula is C25H31N6O+. The van der Waals surface area contributed by atoms with Gasteiger partial charge < -0.3 is 14.5 Å². The molecule has 3 aromatic heterocycles. The zero-order valence-corrected chi connectivity index (χ0v) is 19.4. The number of hydrogen-bond donors (Lipinski definition) is 1. The van der Waals surface area contributed by atoms with Gasteiger partial charge in [-0.1, -0.05) is 0 Å². The summed E-state index contributed by atoms with van der Waals surface area (Å²) in [6.07, 6.45) is 0. The van der Waals surface area contributed by atoms with Crippen LogP contribution in [0.25, 0.3) is 16.7 Å². The van der Waals surface area contributed by atoms with Gasteiger partial charge in [-0.2, -0.15) is 4.52 Å². The Balaban J connectivity index is 1.36. The molecule has 7 nitrogen and oxygen atoms in total. The summed E-state index contributed by atoms with van der Waals surface area (Å²) in [7, 11) is 0. The first-order chi connectivity index (χ1) is 15.5. The first-order valence-corrected chi connectivity index (χ1v) is 11.5. The number of quaternary nitrogens is 1. The van der Waals surface area contributed by atoms with Crippen LogP contribution in [0, 0.1) is 20.8 Å². The SMILES string of the molecule is CCOc1ccc(C[NH+]2CCN(c3cc(C)nc4c5c(C)cc(C)nc5nn34)CC2)cc1. The molecule has 32 heavy (non-hydrogen) atoms. The van der Waals surface area contributed by atoms with E-state index in [-0.39, 0.29) is 0 Å². The smallest absolute Gasteiger partial charge is 0.184 e. The van der Waals surface area contributed by atoms with Crippen LogP contribution in [0.2, 0.25) is 0 Å². The summed E-state index contributed by atoms with van der Waals surface area (Å²) in [4.78, 5) is 13.5. The lowest BCUT2D eigenvalue weighted by atomic mass is 10.2. The van der Waals surface area contributed by atoms with Gasteiger partial charge in [0.05, 0.1) is 38.2 Å².